The van der Waals surface area contributed by atoms with E-state index in [0.29, 0.717) is 38.7 Å². The molecule has 0 N–H and O–H groups in total. The van der Waals surface area contributed by atoms with Crippen LogP contribution in [0, 0.1) is 0 Å². The van der Waals surface area contributed by atoms with Crippen LogP contribution in [0.2, 0.25) is 0 Å². The number of carbonyl (C=O) groups excluding carboxylic acids is 1. The van der Waals surface area contributed by atoms with Gasteiger partial charge in [-0.05, 0) is 26.2 Å². The second kappa shape index (κ2) is 8.65. The van der Waals surface area contributed by atoms with E-state index in [1.54, 1.807) is 0 Å². The number of amides is 1. The van der Waals surface area contributed by atoms with Crippen molar-refractivity contribution >= 4 is 17.7 Å². The SMILES string of the molecule is C[C@@H]1COCCN1c1cc(=O)n2c(n1)N(CC(=O)N1CCCCO1)[C@H](C(F)(F)F)CC2. The molecule has 0 aliphatic carbocycles. The van der Waals surface area contributed by atoms with Gasteiger partial charge < -0.3 is 14.5 Å². The molecule has 1 amide bonds. The van der Waals surface area contributed by atoms with Gasteiger partial charge in [-0.25, -0.2) is 5.06 Å². The molecule has 12 heteroatoms. The third-order valence-corrected chi connectivity index (χ3v) is 5.86. The molecule has 0 aromatic carbocycles. The fourth-order valence-electron chi connectivity index (χ4n) is 4.21. The zero-order valence-corrected chi connectivity index (χ0v) is 17.3. The van der Waals surface area contributed by atoms with Crippen LogP contribution in [0.1, 0.15) is 26.2 Å². The van der Waals surface area contributed by atoms with Gasteiger partial charge in [-0.3, -0.25) is 19.0 Å². The van der Waals surface area contributed by atoms with Gasteiger partial charge in [-0.15, -0.1) is 0 Å². The van der Waals surface area contributed by atoms with Crippen LogP contribution >= 0.6 is 0 Å². The number of rotatable bonds is 3. The lowest BCUT2D eigenvalue weighted by molar-refractivity contribution is -0.196. The topological polar surface area (TPSA) is 80.1 Å². The Morgan fingerprint density at radius 1 is 1.23 bits per heavy atom. The molecule has 9 nitrogen and oxygen atoms in total. The number of ether oxygens (including phenoxy) is 1. The van der Waals surface area contributed by atoms with Crippen LogP contribution in [0.4, 0.5) is 24.9 Å². The van der Waals surface area contributed by atoms with E-state index in [4.69, 9.17) is 9.57 Å². The van der Waals surface area contributed by atoms with E-state index >= 15 is 0 Å². The number of fused-ring (bicyclic) bond motifs is 1. The molecule has 3 aliphatic heterocycles. The average molecular weight is 445 g/mol. The average Bonchev–Trinajstić information content (AvgIpc) is 2.74. The molecule has 2 fully saturated rings. The molecule has 4 rings (SSSR count). The highest BCUT2D eigenvalue weighted by molar-refractivity contribution is 5.80. The molecule has 31 heavy (non-hydrogen) atoms. The van der Waals surface area contributed by atoms with Gasteiger partial charge in [0, 0.05) is 25.7 Å². The van der Waals surface area contributed by atoms with Crippen LogP contribution < -0.4 is 15.4 Å². The van der Waals surface area contributed by atoms with Gasteiger partial charge in [0.1, 0.15) is 18.4 Å². The lowest BCUT2D eigenvalue weighted by Crippen LogP contribution is -2.56. The quantitative estimate of drug-likeness (QED) is 0.691. The molecular weight excluding hydrogens is 419 g/mol. The predicted molar refractivity (Wildman–Crippen MR) is 105 cm³/mol. The van der Waals surface area contributed by atoms with Crippen LogP contribution in [0.3, 0.4) is 0 Å². The maximum Gasteiger partial charge on any atom is 0.408 e. The summed E-state index contributed by atoms with van der Waals surface area (Å²) in [6.45, 7) is 3.22. The van der Waals surface area contributed by atoms with E-state index in [-0.39, 0.29) is 25.0 Å². The number of nitrogens with zero attached hydrogens (tertiary/aromatic N) is 5. The highest BCUT2D eigenvalue weighted by Crippen LogP contribution is 2.34. The zero-order valence-electron chi connectivity index (χ0n) is 17.3. The number of aromatic nitrogens is 2. The van der Waals surface area contributed by atoms with E-state index < -0.39 is 30.2 Å². The third-order valence-electron chi connectivity index (χ3n) is 5.86. The summed E-state index contributed by atoms with van der Waals surface area (Å²) in [5, 5.41) is 1.11. The van der Waals surface area contributed by atoms with Crippen molar-refractivity contribution in [2.75, 3.05) is 49.3 Å². The Bertz CT molecular complexity index is 871. The minimum Gasteiger partial charge on any atom is -0.377 e. The first-order valence-electron chi connectivity index (χ1n) is 10.5. The Labute approximate surface area is 177 Å². The lowest BCUT2D eigenvalue weighted by Gasteiger charge is -2.40. The van der Waals surface area contributed by atoms with Crippen LogP contribution in [0.5, 0.6) is 0 Å². The van der Waals surface area contributed by atoms with E-state index in [9.17, 15) is 22.8 Å². The molecular formula is C19H26F3N5O4. The molecule has 2 saturated heterocycles. The zero-order chi connectivity index (χ0) is 22.2. The fourth-order valence-corrected chi connectivity index (χ4v) is 4.21. The number of hydroxylamine groups is 2. The Morgan fingerprint density at radius 3 is 2.71 bits per heavy atom. The van der Waals surface area contributed by atoms with Crippen LogP contribution in [0.25, 0.3) is 0 Å². The van der Waals surface area contributed by atoms with Gasteiger partial charge in [-0.2, -0.15) is 18.2 Å². The van der Waals surface area contributed by atoms with Crippen LogP contribution in [-0.2, 0) is 20.9 Å². The predicted octanol–water partition coefficient (Wildman–Crippen LogP) is 1.16. The van der Waals surface area contributed by atoms with Gasteiger partial charge in [-0.1, -0.05) is 0 Å². The van der Waals surface area contributed by atoms with Gasteiger partial charge in [0.15, 0.2) is 0 Å². The first-order chi connectivity index (χ1) is 14.8. The molecule has 2 atom stereocenters. The number of carbonyl (C=O) groups is 1. The van der Waals surface area contributed by atoms with Crippen molar-refractivity contribution in [1.29, 1.82) is 0 Å². The summed E-state index contributed by atoms with van der Waals surface area (Å²) in [7, 11) is 0. The Hall–Kier alpha value is -2.34. The molecule has 0 bridgehead atoms. The minimum atomic E-state index is -4.58. The number of morpholine rings is 1. The second-order valence-electron chi connectivity index (χ2n) is 8.03. The number of hydrogen-bond donors (Lipinski definition) is 0. The molecule has 3 aliphatic rings. The second-order valence-corrected chi connectivity index (χ2v) is 8.03. The minimum absolute atomic E-state index is 0.0810. The molecule has 4 heterocycles. The molecule has 172 valence electrons. The molecule has 0 unspecified atom stereocenters. The lowest BCUT2D eigenvalue weighted by atomic mass is 10.1. The number of alkyl halides is 3. The molecule has 0 radical (unpaired) electrons. The van der Waals surface area contributed by atoms with Gasteiger partial charge in [0.25, 0.3) is 11.5 Å². The maximum atomic E-state index is 13.9. The van der Waals surface area contributed by atoms with Crippen molar-refractivity contribution < 1.29 is 27.5 Å². The highest BCUT2D eigenvalue weighted by atomic mass is 19.4. The van der Waals surface area contributed by atoms with E-state index in [0.717, 1.165) is 22.8 Å². The maximum absolute atomic E-state index is 13.9. The number of hydrogen-bond acceptors (Lipinski definition) is 7. The van der Waals surface area contributed by atoms with E-state index in [1.807, 2.05) is 11.8 Å². The number of anilines is 2. The Balaban J connectivity index is 1.70. The molecule has 1 aromatic rings. The summed E-state index contributed by atoms with van der Waals surface area (Å²) < 4.78 is 48.2. The molecule has 1 aromatic heterocycles. The number of halogens is 3. The fraction of sp³-hybridized carbons (Fsp3) is 0.737. The summed E-state index contributed by atoms with van der Waals surface area (Å²) in [5.41, 5.74) is -0.439. The molecule has 0 saturated carbocycles. The summed E-state index contributed by atoms with van der Waals surface area (Å²) in [6.07, 6.45) is -3.39. The van der Waals surface area contributed by atoms with E-state index in [2.05, 4.69) is 4.98 Å². The van der Waals surface area contributed by atoms with Gasteiger partial charge >= 0.3 is 6.18 Å². The smallest absolute Gasteiger partial charge is 0.377 e. The molecule has 0 spiro atoms. The van der Waals surface area contributed by atoms with Crippen molar-refractivity contribution in [3.8, 4) is 0 Å². The van der Waals surface area contributed by atoms with Crippen molar-refractivity contribution in [3.05, 3.63) is 16.4 Å². The van der Waals surface area contributed by atoms with Crippen LogP contribution in [-0.4, -0.2) is 78.2 Å². The Kier molecular flexibility index (Phi) is 6.11. The van der Waals surface area contributed by atoms with E-state index in [1.165, 1.54) is 10.6 Å². The van der Waals surface area contributed by atoms with Crippen molar-refractivity contribution in [1.82, 2.24) is 14.6 Å². The summed E-state index contributed by atoms with van der Waals surface area (Å²) >= 11 is 0. The van der Waals surface area contributed by atoms with Crippen LogP contribution in [0.15, 0.2) is 10.9 Å². The summed E-state index contributed by atoms with van der Waals surface area (Å²) in [6, 6.07) is -0.652. The third kappa shape index (κ3) is 4.49. The highest BCUT2D eigenvalue weighted by Gasteiger charge is 2.48. The Morgan fingerprint density at radius 2 is 2.03 bits per heavy atom. The normalized spacial score (nSPS) is 24.8. The standard InChI is InChI=1S/C19H26F3N5O4/c1-13-12-30-9-7-24(13)15-10-16(28)25-6-4-14(19(20,21)22)26(18(25)23-15)11-17(29)27-5-2-3-8-31-27/h10,13-14H,2-9,11-12H2,1H3/t13-,14+/m1/s1. The van der Waals surface area contributed by atoms with Crippen molar-refractivity contribution in [2.24, 2.45) is 0 Å². The first kappa shape index (κ1) is 21.9. The monoisotopic (exact) mass is 445 g/mol. The summed E-state index contributed by atoms with van der Waals surface area (Å²) in [4.78, 5) is 38.0. The first-order valence-corrected chi connectivity index (χ1v) is 10.5. The van der Waals surface area contributed by atoms with Crippen molar-refractivity contribution in [3.63, 3.8) is 0 Å². The van der Waals surface area contributed by atoms with Gasteiger partial charge in [0.05, 0.1) is 25.9 Å². The van der Waals surface area contributed by atoms with Crippen molar-refractivity contribution in [2.45, 2.75) is 51.0 Å². The summed E-state index contributed by atoms with van der Waals surface area (Å²) in [5.74, 6) is -0.427. The van der Waals surface area contributed by atoms with Gasteiger partial charge in [0.2, 0.25) is 5.95 Å². The largest absolute Gasteiger partial charge is 0.408 e.